The van der Waals surface area contributed by atoms with Crippen LogP contribution in [-0.4, -0.2) is 18.8 Å². The number of hydrogen-bond donors (Lipinski definition) is 1. The zero-order valence-corrected chi connectivity index (χ0v) is 9.20. The zero-order valence-electron chi connectivity index (χ0n) is 9.20. The summed E-state index contributed by atoms with van der Waals surface area (Å²) in [5, 5.41) is 8.94. The molecule has 1 atom stereocenters. The average molecular weight is 206 g/mol. The summed E-state index contributed by atoms with van der Waals surface area (Å²) in [6, 6.07) is 6.34. The van der Waals surface area contributed by atoms with E-state index >= 15 is 0 Å². The number of fused-ring (bicyclic) bond motifs is 1. The molecule has 15 heavy (non-hydrogen) atoms. The summed E-state index contributed by atoms with van der Waals surface area (Å²) in [5.41, 5.74) is 2.85. The number of aliphatic hydroxyl groups excluding tert-OH is 1. The van der Waals surface area contributed by atoms with Crippen LogP contribution in [0, 0.1) is 5.92 Å². The van der Waals surface area contributed by atoms with Crippen molar-refractivity contribution in [3.8, 4) is 5.75 Å². The lowest BCUT2D eigenvalue weighted by Gasteiger charge is -2.24. The van der Waals surface area contributed by atoms with Gasteiger partial charge >= 0.3 is 0 Å². The standard InChI is InChI=1S/C13H18O2/c1-15-13-5-4-11-3-2-10(6-7-14)8-12(11)9-13/h4-5,9-10,14H,2-3,6-8H2,1H3. The van der Waals surface area contributed by atoms with E-state index < -0.39 is 0 Å². The minimum Gasteiger partial charge on any atom is -0.497 e. The van der Waals surface area contributed by atoms with Gasteiger partial charge in [-0.25, -0.2) is 0 Å². The first-order valence-corrected chi connectivity index (χ1v) is 5.60. The fourth-order valence-electron chi connectivity index (χ4n) is 2.36. The lowest BCUT2D eigenvalue weighted by molar-refractivity contribution is 0.248. The molecule has 0 saturated heterocycles. The second-order valence-electron chi connectivity index (χ2n) is 4.26. The number of rotatable bonds is 3. The van der Waals surface area contributed by atoms with Crippen molar-refractivity contribution in [2.45, 2.75) is 25.7 Å². The van der Waals surface area contributed by atoms with Gasteiger partial charge in [-0.1, -0.05) is 6.07 Å². The Balaban J connectivity index is 2.16. The van der Waals surface area contributed by atoms with Crippen LogP contribution >= 0.6 is 0 Å². The van der Waals surface area contributed by atoms with E-state index in [1.54, 1.807) is 7.11 Å². The highest BCUT2D eigenvalue weighted by Crippen LogP contribution is 2.29. The van der Waals surface area contributed by atoms with Gasteiger partial charge in [-0.05, 0) is 54.9 Å². The van der Waals surface area contributed by atoms with Crippen LogP contribution in [0.15, 0.2) is 18.2 Å². The molecule has 1 aliphatic rings. The van der Waals surface area contributed by atoms with Gasteiger partial charge < -0.3 is 9.84 Å². The summed E-state index contributed by atoms with van der Waals surface area (Å²) in [6.45, 7) is 0.309. The van der Waals surface area contributed by atoms with E-state index in [1.807, 2.05) is 6.07 Å². The number of benzene rings is 1. The van der Waals surface area contributed by atoms with Crippen molar-refractivity contribution < 1.29 is 9.84 Å². The molecule has 0 bridgehead atoms. The minimum absolute atomic E-state index is 0.309. The van der Waals surface area contributed by atoms with E-state index in [1.165, 1.54) is 17.5 Å². The smallest absolute Gasteiger partial charge is 0.119 e. The Morgan fingerprint density at radius 1 is 1.40 bits per heavy atom. The molecule has 1 aliphatic carbocycles. The third-order valence-corrected chi connectivity index (χ3v) is 3.28. The first-order chi connectivity index (χ1) is 7.33. The molecule has 0 spiro atoms. The molecule has 1 aromatic rings. The Morgan fingerprint density at radius 2 is 2.27 bits per heavy atom. The SMILES string of the molecule is COc1ccc2c(c1)CC(CCO)CC2. The van der Waals surface area contributed by atoms with Crippen molar-refractivity contribution in [3.05, 3.63) is 29.3 Å². The van der Waals surface area contributed by atoms with Gasteiger partial charge in [0.1, 0.15) is 5.75 Å². The van der Waals surface area contributed by atoms with Crippen molar-refractivity contribution >= 4 is 0 Å². The lowest BCUT2D eigenvalue weighted by atomic mass is 9.82. The second kappa shape index (κ2) is 4.67. The highest BCUT2D eigenvalue weighted by Gasteiger charge is 2.18. The van der Waals surface area contributed by atoms with Gasteiger partial charge in [0.05, 0.1) is 7.11 Å². The number of aryl methyl sites for hydroxylation is 1. The van der Waals surface area contributed by atoms with Crippen molar-refractivity contribution in [3.63, 3.8) is 0 Å². The first kappa shape index (κ1) is 10.5. The highest BCUT2D eigenvalue weighted by molar-refractivity contribution is 5.37. The zero-order chi connectivity index (χ0) is 10.7. The van der Waals surface area contributed by atoms with Gasteiger partial charge in [0.2, 0.25) is 0 Å². The van der Waals surface area contributed by atoms with Crippen LogP contribution in [0.4, 0.5) is 0 Å². The van der Waals surface area contributed by atoms with Gasteiger partial charge in [-0.3, -0.25) is 0 Å². The van der Waals surface area contributed by atoms with Crippen LogP contribution < -0.4 is 4.74 Å². The Labute approximate surface area is 90.9 Å². The Morgan fingerprint density at radius 3 is 3.00 bits per heavy atom. The van der Waals surface area contributed by atoms with Gasteiger partial charge in [-0.15, -0.1) is 0 Å². The molecule has 0 radical (unpaired) electrons. The fourth-order valence-corrected chi connectivity index (χ4v) is 2.36. The maximum atomic E-state index is 8.94. The maximum Gasteiger partial charge on any atom is 0.119 e. The average Bonchev–Trinajstić information content (AvgIpc) is 2.28. The molecule has 0 aromatic heterocycles. The van der Waals surface area contributed by atoms with Crippen LogP contribution in [0.25, 0.3) is 0 Å². The fraction of sp³-hybridized carbons (Fsp3) is 0.538. The normalized spacial score (nSPS) is 19.7. The molecule has 0 amide bonds. The molecule has 0 fully saturated rings. The van der Waals surface area contributed by atoms with E-state index in [9.17, 15) is 0 Å². The van der Waals surface area contributed by atoms with Crippen LogP contribution in [-0.2, 0) is 12.8 Å². The topological polar surface area (TPSA) is 29.5 Å². The predicted molar refractivity (Wildman–Crippen MR) is 60.2 cm³/mol. The van der Waals surface area contributed by atoms with Crippen LogP contribution in [0.5, 0.6) is 5.75 Å². The van der Waals surface area contributed by atoms with E-state index in [-0.39, 0.29) is 0 Å². The molecule has 0 aliphatic heterocycles. The maximum absolute atomic E-state index is 8.94. The molecular formula is C13H18O2. The third kappa shape index (κ3) is 2.32. The monoisotopic (exact) mass is 206 g/mol. The van der Waals surface area contributed by atoms with Gasteiger partial charge in [-0.2, -0.15) is 0 Å². The van der Waals surface area contributed by atoms with E-state index in [2.05, 4.69) is 12.1 Å². The first-order valence-electron chi connectivity index (χ1n) is 5.60. The molecule has 1 unspecified atom stereocenters. The third-order valence-electron chi connectivity index (χ3n) is 3.28. The van der Waals surface area contributed by atoms with Crippen LogP contribution in [0.2, 0.25) is 0 Å². The summed E-state index contributed by atoms with van der Waals surface area (Å²) in [6.07, 6.45) is 4.37. The Kier molecular flexibility index (Phi) is 3.27. The number of ether oxygens (including phenoxy) is 1. The van der Waals surface area contributed by atoms with Crippen molar-refractivity contribution in [1.29, 1.82) is 0 Å². The Hall–Kier alpha value is -1.02. The van der Waals surface area contributed by atoms with Crippen LogP contribution in [0.3, 0.4) is 0 Å². The second-order valence-corrected chi connectivity index (χ2v) is 4.26. The van der Waals surface area contributed by atoms with Gasteiger partial charge in [0, 0.05) is 6.61 Å². The number of methoxy groups -OCH3 is 1. The largest absolute Gasteiger partial charge is 0.497 e. The molecule has 0 heterocycles. The summed E-state index contributed by atoms with van der Waals surface area (Å²) >= 11 is 0. The summed E-state index contributed by atoms with van der Waals surface area (Å²) in [5.74, 6) is 1.59. The van der Waals surface area contributed by atoms with Crippen LogP contribution in [0.1, 0.15) is 24.0 Å². The molecule has 1 aromatic carbocycles. The summed E-state index contributed by atoms with van der Waals surface area (Å²) < 4.78 is 5.23. The van der Waals surface area contributed by atoms with E-state index in [0.717, 1.165) is 25.0 Å². The van der Waals surface area contributed by atoms with Crippen molar-refractivity contribution in [1.82, 2.24) is 0 Å². The lowest BCUT2D eigenvalue weighted by Crippen LogP contribution is -2.15. The molecule has 1 N–H and O–H groups in total. The predicted octanol–water partition coefficient (Wildman–Crippen LogP) is 2.18. The van der Waals surface area contributed by atoms with Gasteiger partial charge in [0.15, 0.2) is 0 Å². The van der Waals surface area contributed by atoms with Crippen molar-refractivity contribution in [2.75, 3.05) is 13.7 Å². The minimum atomic E-state index is 0.309. The molecule has 2 rings (SSSR count). The quantitative estimate of drug-likeness (QED) is 0.821. The number of hydrogen-bond acceptors (Lipinski definition) is 2. The summed E-state index contributed by atoms with van der Waals surface area (Å²) in [7, 11) is 1.70. The molecule has 0 saturated carbocycles. The Bertz CT molecular complexity index is 333. The number of aliphatic hydroxyl groups is 1. The van der Waals surface area contributed by atoms with E-state index in [4.69, 9.17) is 9.84 Å². The molecule has 2 heteroatoms. The summed E-state index contributed by atoms with van der Waals surface area (Å²) in [4.78, 5) is 0. The van der Waals surface area contributed by atoms with Crippen molar-refractivity contribution in [2.24, 2.45) is 5.92 Å². The van der Waals surface area contributed by atoms with E-state index in [0.29, 0.717) is 12.5 Å². The highest BCUT2D eigenvalue weighted by atomic mass is 16.5. The molecule has 82 valence electrons. The molecule has 2 nitrogen and oxygen atoms in total. The van der Waals surface area contributed by atoms with Gasteiger partial charge in [0.25, 0.3) is 0 Å². The molecular weight excluding hydrogens is 188 g/mol.